The molecular weight excluding hydrogens is 259 g/mol. The number of nitrogen functional groups attached to an aromatic ring is 1. The molecule has 0 saturated carbocycles. The van der Waals surface area contributed by atoms with E-state index in [1.165, 1.54) is 24.3 Å². The van der Waals surface area contributed by atoms with Gasteiger partial charge < -0.3 is 5.73 Å². The molecule has 4 N–H and O–H groups in total. The highest BCUT2D eigenvalue weighted by Crippen LogP contribution is 2.14. The summed E-state index contributed by atoms with van der Waals surface area (Å²) in [7, 11) is -3.72. The Morgan fingerprint density at radius 1 is 1.33 bits per heavy atom. The lowest BCUT2D eigenvalue weighted by atomic mass is 10.2. The molecule has 96 valence electrons. The average Bonchev–Trinajstić information content (AvgIpc) is 2.76. The quantitative estimate of drug-likeness (QED) is 0.757. The molecule has 18 heavy (non-hydrogen) atoms. The van der Waals surface area contributed by atoms with Crippen LogP contribution in [0.4, 0.5) is 10.2 Å². The Hall–Kier alpha value is -1.93. The number of rotatable bonds is 4. The second kappa shape index (κ2) is 4.75. The van der Waals surface area contributed by atoms with Crippen molar-refractivity contribution >= 4 is 15.8 Å². The number of sulfonamides is 1. The van der Waals surface area contributed by atoms with Crippen molar-refractivity contribution in [3.8, 4) is 0 Å². The molecule has 0 aliphatic rings. The molecule has 0 atom stereocenters. The maximum absolute atomic E-state index is 12.7. The average molecular weight is 270 g/mol. The Balaban J connectivity index is 2.11. The number of anilines is 1. The molecule has 0 bridgehead atoms. The van der Waals surface area contributed by atoms with Gasteiger partial charge in [0.2, 0.25) is 10.0 Å². The van der Waals surface area contributed by atoms with Crippen molar-refractivity contribution in [2.24, 2.45) is 0 Å². The molecule has 8 heteroatoms. The first-order chi connectivity index (χ1) is 8.49. The van der Waals surface area contributed by atoms with E-state index in [4.69, 9.17) is 5.73 Å². The third kappa shape index (κ3) is 2.66. The first-order valence-corrected chi connectivity index (χ1v) is 6.50. The number of nitrogens with one attached hydrogen (secondary N) is 2. The molecule has 0 unspecified atom stereocenters. The minimum Gasteiger partial charge on any atom is -0.383 e. The molecule has 0 radical (unpaired) electrons. The van der Waals surface area contributed by atoms with E-state index in [1.54, 1.807) is 0 Å². The fourth-order valence-electron chi connectivity index (χ4n) is 1.36. The van der Waals surface area contributed by atoms with Crippen molar-refractivity contribution in [1.29, 1.82) is 0 Å². The summed E-state index contributed by atoms with van der Waals surface area (Å²) >= 11 is 0. The highest BCUT2D eigenvalue weighted by molar-refractivity contribution is 7.89. The number of aromatic amines is 1. The monoisotopic (exact) mass is 270 g/mol. The van der Waals surface area contributed by atoms with Crippen LogP contribution in [0.2, 0.25) is 0 Å². The lowest BCUT2D eigenvalue weighted by Crippen LogP contribution is -2.23. The van der Waals surface area contributed by atoms with E-state index in [0.29, 0.717) is 5.56 Å². The number of benzene rings is 1. The molecule has 2 rings (SSSR count). The van der Waals surface area contributed by atoms with E-state index in [0.717, 1.165) is 6.20 Å². The maximum atomic E-state index is 12.7. The molecule has 0 saturated heterocycles. The predicted octanol–water partition coefficient (Wildman–Crippen LogP) is 0.610. The molecule has 0 spiro atoms. The summed E-state index contributed by atoms with van der Waals surface area (Å²) in [5.41, 5.74) is 6.07. The Morgan fingerprint density at radius 2 is 2.00 bits per heavy atom. The van der Waals surface area contributed by atoms with Gasteiger partial charge in [0.15, 0.2) is 0 Å². The Bertz CT molecular complexity index is 636. The van der Waals surface area contributed by atoms with Gasteiger partial charge in [-0.2, -0.15) is 5.10 Å². The third-order valence-corrected chi connectivity index (χ3v) is 3.73. The van der Waals surface area contributed by atoms with Crippen molar-refractivity contribution in [2.45, 2.75) is 11.4 Å². The van der Waals surface area contributed by atoms with Gasteiger partial charge >= 0.3 is 0 Å². The second-order valence-electron chi connectivity index (χ2n) is 3.60. The zero-order valence-corrected chi connectivity index (χ0v) is 10.0. The van der Waals surface area contributed by atoms with Crippen molar-refractivity contribution in [2.75, 3.05) is 5.73 Å². The Kier molecular flexibility index (Phi) is 3.30. The smallest absolute Gasteiger partial charge is 0.246 e. The maximum Gasteiger partial charge on any atom is 0.246 e. The van der Waals surface area contributed by atoms with Crippen molar-refractivity contribution in [1.82, 2.24) is 14.9 Å². The fourth-order valence-corrected chi connectivity index (χ4v) is 2.40. The number of hydrogen-bond acceptors (Lipinski definition) is 4. The zero-order valence-electron chi connectivity index (χ0n) is 9.22. The number of aromatic nitrogens is 2. The molecule has 0 fully saturated rings. The minimum atomic E-state index is -3.72. The summed E-state index contributed by atoms with van der Waals surface area (Å²) < 4.78 is 38.7. The van der Waals surface area contributed by atoms with Crippen LogP contribution in [0.25, 0.3) is 0 Å². The van der Waals surface area contributed by atoms with Gasteiger partial charge in [-0.3, -0.25) is 5.10 Å². The van der Waals surface area contributed by atoms with E-state index < -0.39 is 10.0 Å². The van der Waals surface area contributed by atoms with Gasteiger partial charge in [0.1, 0.15) is 16.5 Å². The predicted molar refractivity (Wildman–Crippen MR) is 63.4 cm³/mol. The fraction of sp³-hybridized carbons (Fsp3) is 0.100. The topological polar surface area (TPSA) is 101 Å². The summed E-state index contributed by atoms with van der Waals surface area (Å²) in [4.78, 5) is -0.107. The van der Waals surface area contributed by atoms with Crippen LogP contribution in [-0.4, -0.2) is 18.6 Å². The molecule has 0 aliphatic heterocycles. The number of H-pyrrole nitrogens is 1. The molecule has 2 aromatic rings. The molecule has 0 aliphatic carbocycles. The number of hydrogen-bond donors (Lipinski definition) is 3. The van der Waals surface area contributed by atoms with Crippen LogP contribution in [-0.2, 0) is 16.6 Å². The van der Waals surface area contributed by atoms with E-state index in [2.05, 4.69) is 14.9 Å². The zero-order chi connectivity index (χ0) is 13.2. The van der Waals surface area contributed by atoms with Crippen LogP contribution < -0.4 is 10.5 Å². The van der Waals surface area contributed by atoms with Crippen molar-refractivity contribution in [3.63, 3.8) is 0 Å². The van der Waals surface area contributed by atoms with Crippen LogP contribution in [0.1, 0.15) is 5.56 Å². The molecule has 1 aromatic heterocycles. The van der Waals surface area contributed by atoms with Gasteiger partial charge in [0, 0.05) is 6.54 Å². The summed E-state index contributed by atoms with van der Waals surface area (Å²) in [6.07, 6.45) is 1.13. The summed E-state index contributed by atoms with van der Waals surface area (Å²) in [5, 5.41) is 5.88. The van der Waals surface area contributed by atoms with E-state index in [1.807, 2.05) is 0 Å². The van der Waals surface area contributed by atoms with Gasteiger partial charge in [0.05, 0.1) is 6.20 Å². The van der Waals surface area contributed by atoms with Crippen molar-refractivity contribution in [3.05, 3.63) is 41.8 Å². The van der Waals surface area contributed by atoms with Crippen LogP contribution in [0.3, 0.4) is 0 Å². The van der Waals surface area contributed by atoms with E-state index >= 15 is 0 Å². The summed E-state index contributed by atoms with van der Waals surface area (Å²) in [6, 6.07) is 5.51. The van der Waals surface area contributed by atoms with Gasteiger partial charge in [-0.1, -0.05) is 12.1 Å². The molecule has 6 nitrogen and oxygen atoms in total. The van der Waals surface area contributed by atoms with Gasteiger partial charge in [-0.25, -0.2) is 17.5 Å². The molecule has 1 aromatic carbocycles. The molecular formula is C10H11FN4O2S. The molecule has 1 heterocycles. The number of nitrogens with zero attached hydrogens (tertiary/aromatic N) is 1. The SMILES string of the molecule is Nc1[nH]ncc1S(=O)(=O)NCc1ccc(F)cc1. The lowest BCUT2D eigenvalue weighted by Gasteiger charge is -2.05. The summed E-state index contributed by atoms with van der Waals surface area (Å²) in [6.45, 7) is 0.0488. The van der Waals surface area contributed by atoms with Crippen LogP contribution in [0.15, 0.2) is 35.4 Å². The van der Waals surface area contributed by atoms with Crippen molar-refractivity contribution < 1.29 is 12.8 Å². The highest BCUT2D eigenvalue weighted by atomic mass is 32.2. The highest BCUT2D eigenvalue weighted by Gasteiger charge is 2.18. The number of nitrogens with two attached hydrogens (primary N) is 1. The summed E-state index contributed by atoms with van der Waals surface area (Å²) in [5.74, 6) is -0.401. The first kappa shape index (κ1) is 12.5. The standard InChI is InChI=1S/C10H11FN4O2S/c11-8-3-1-7(2-4-8)5-14-18(16,17)9-6-13-15-10(9)12/h1-4,6,14H,5H2,(H3,12,13,15). The number of halogens is 1. The van der Waals surface area contributed by atoms with Gasteiger partial charge in [-0.05, 0) is 17.7 Å². The largest absolute Gasteiger partial charge is 0.383 e. The minimum absolute atomic E-state index is 0.0263. The van der Waals surface area contributed by atoms with Crippen LogP contribution >= 0.6 is 0 Å². The van der Waals surface area contributed by atoms with Crippen LogP contribution in [0.5, 0.6) is 0 Å². The third-order valence-electron chi connectivity index (χ3n) is 2.30. The van der Waals surface area contributed by atoms with E-state index in [-0.39, 0.29) is 23.1 Å². The van der Waals surface area contributed by atoms with Gasteiger partial charge in [0.25, 0.3) is 0 Å². The Morgan fingerprint density at radius 3 is 2.56 bits per heavy atom. The first-order valence-electron chi connectivity index (χ1n) is 5.02. The second-order valence-corrected chi connectivity index (χ2v) is 5.33. The van der Waals surface area contributed by atoms with E-state index in [9.17, 15) is 12.8 Å². The normalized spacial score (nSPS) is 11.6. The van der Waals surface area contributed by atoms with Crippen LogP contribution in [0, 0.1) is 5.82 Å². The Labute approximate surface area is 103 Å². The van der Waals surface area contributed by atoms with Gasteiger partial charge in [-0.15, -0.1) is 0 Å². The lowest BCUT2D eigenvalue weighted by molar-refractivity contribution is 0.581. The molecule has 0 amide bonds.